The lowest BCUT2D eigenvalue weighted by atomic mass is 10.00. The molecule has 0 fully saturated rings. The number of rotatable bonds is 1. The van der Waals surface area contributed by atoms with Crippen molar-refractivity contribution in [2.75, 3.05) is 0 Å². The number of aromatic hydroxyl groups is 1. The standard InChI is InChI=1S/C17H11F3O/c18-17(19,20)15-6-3-11(4-7-15)13-2-1-12-5-8-16(21)10-14(12)9-13/h1-10,21H. The van der Waals surface area contributed by atoms with E-state index in [2.05, 4.69) is 0 Å². The molecular weight excluding hydrogens is 277 g/mol. The molecule has 106 valence electrons. The fourth-order valence-electron chi connectivity index (χ4n) is 2.27. The Morgan fingerprint density at radius 3 is 1.95 bits per heavy atom. The van der Waals surface area contributed by atoms with Crippen molar-refractivity contribution in [2.24, 2.45) is 0 Å². The lowest BCUT2D eigenvalue weighted by Gasteiger charge is -2.08. The minimum absolute atomic E-state index is 0.159. The van der Waals surface area contributed by atoms with Gasteiger partial charge in [0.25, 0.3) is 0 Å². The first-order valence-electron chi connectivity index (χ1n) is 6.34. The van der Waals surface area contributed by atoms with E-state index in [9.17, 15) is 18.3 Å². The number of hydrogen-bond acceptors (Lipinski definition) is 1. The van der Waals surface area contributed by atoms with Crippen LogP contribution in [0.3, 0.4) is 0 Å². The third-order valence-corrected chi connectivity index (χ3v) is 3.37. The summed E-state index contributed by atoms with van der Waals surface area (Å²) in [6, 6.07) is 15.6. The Morgan fingerprint density at radius 2 is 1.29 bits per heavy atom. The van der Waals surface area contributed by atoms with E-state index in [1.54, 1.807) is 18.2 Å². The molecule has 1 N–H and O–H groups in total. The molecule has 0 aliphatic carbocycles. The molecule has 0 spiro atoms. The molecule has 0 aliphatic rings. The van der Waals surface area contributed by atoms with Gasteiger partial charge < -0.3 is 5.11 Å². The van der Waals surface area contributed by atoms with Crippen molar-refractivity contribution in [2.45, 2.75) is 6.18 Å². The summed E-state index contributed by atoms with van der Waals surface area (Å²) in [6.45, 7) is 0. The molecule has 0 saturated heterocycles. The molecule has 3 aromatic rings. The predicted molar refractivity (Wildman–Crippen MR) is 76.1 cm³/mol. The molecule has 0 saturated carbocycles. The van der Waals surface area contributed by atoms with Gasteiger partial charge >= 0.3 is 6.18 Å². The summed E-state index contributed by atoms with van der Waals surface area (Å²) >= 11 is 0. The van der Waals surface area contributed by atoms with Crippen molar-refractivity contribution in [1.82, 2.24) is 0 Å². The number of hydrogen-bond donors (Lipinski definition) is 1. The number of halogens is 3. The summed E-state index contributed by atoms with van der Waals surface area (Å²) in [5.41, 5.74) is 0.847. The van der Waals surface area contributed by atoms with Gasteiger partial charge in [0.2, 0.25) is 0 Å². The van der Waals surface area contributed by atoms with Crippen molar-refractivity contribution < 1.29 is 18.3 Å². The molecule has 3 rings (SSSR count). The van der Waals surface area contributed by atoms with Crippen molar-refractivity contribution in [3.8, 4) is 16.9 Å². The van der Waals surface area contributed by atoms with E-state index in [0.717, 1.165) is 28.5 Å². The fraction of sp³-hybridized carbons (Fsp3) is 0.0588. The van der Waals surface area contributed by atoms with Gasteiger partial charge in [-0.1, -0.05) is 30.3 Å². The largest absolute Gasteiger partial charge is 0.508 e. The van der Waals surface area contributed by atoms with Crippen LogP contribution in [0.5, 0.6) is 5.75 Å². The lowest BCUT2D eigenvalue weighted by molar-refractivity contribution is -0.137. The second kappa shape index (κ2) is 4.81. The molecule has 0 aliphatic heterocycles. The Hall–Kier alpha value is -2.49. The third-order valence-electron chi connectivity index (χ3n) is 3.37. The van der Waals surface area contributed by atoms with Crippen LogP contribution in [-0.4, -0.2) is 5.11 Å². The zero-order valence-electron chi connectivity index (χ0n) is 10.9. The van der Waals surface area contributed by atoms with E-state index in [1.807, 2.05) is 18.2 Å². The fourth-order valence-corrected chi connectivity index (χ4v) is 2.27. The maximum absolute atomic E-state index is 12.5. The highest BCUT2D eigenvalue weighted by atomic mass is 19.4. The van der Waals surface area contributed by atoms with Gasteiger partial charge in [-0.25, -0.2) is 0 Å². The number of benzene rings is 3. The Balaban J connectivity index is 2.04. The van der Waals surface area contributed by atoms with Gasteiger partial charge in [-0.2, -0.15) is 13.2 Å². The second-order valence-corrected chi connectivity index (χ2v) is 4.82. The average Bonchev–Trinajstić information content (AvgIpc) is 2.45. The third kappa shape index (κ3) is 2.70. The molecule has 3 aromatic carbocycles. The SMILES string of the molecule is Oc1ccc2ccc(-c3ccc(C(F)(F)F)cc3)cc2c1. The minimum Gasteiger partial charge on any atom is -0.508 e. The molecule has 21 heavy (non-hydrogen) atoms. The van der Waals surface area contributed by atoms with Gasteiger partial charge in [0, 0.05) is 0 Å². The van der Waals surface area contributed by atoms with Crippen LogP contribution < -0.4 is 0 Å². The maximum atomic E-state index is 12.5. The van der Waals surface area contributed by atoms with Crippen LogP contribution in [-0.2, 0) is 6.18 Å². The quantitative estimate of drug-likeness (QED) is 0.650. The topological polar surface area (TPSA) is 20.2 Å². The number of phenolic OH excluding ortho intramolecular Hbond substituents is 1. The van der Waals surface area contributed by atoms with Crippen molar-refractivity contribution in [3.05, 3.63) is 66.2 Å². The van der Waals surface area contributed by atoms with E-state index in [0.29, 0.717) is 5.56 Å². The monoisotopic (exact) mass is 288 g/mol. The Bertz CT molecular complexity index is 789. The average molecular weight is 288 g/mol. The van der Waals surface area contributed by atoms with Gasteiger partial charge in [-0.3, -0.25) is 0 Å². The van der Waals surface area contributed by atoms with Crippen LogP contribution in [0.2, 0.25) is 0 Å². The normalized spacial score (nSPS) is 11.8. The summed E-state index contributed by atoms with van der Waals surface area (Å²) in [5.74, 6) is 0.159. The molecule has 0 atom stereocenters. The first kappa shape index (κ1) is 13.5. The van der Waals surface area contributed by atoms with E-state index >= 15 is 0 Å². The van der Waals surface area contributed by atoms with Crippen molar-refractivity contribution >= 4 is 10.8 Å². The molecule has 0 bridgehead atoms. The van der Waals surface area contributed by atoms with Gasteiger partial charge in [-0.05, 0) is 52.2 Å². The van der Waals surface area contributed by atoms with E-state index in [4.69, 9.17) is 0 Å². The van der Waals surface area contributed by atoms with Gasteiger partial charge in [0.05, 0.1) is 5.56 Å². The zero-order chi connectivity index (χ0) is 15.0. The van der Waals surface area contributed by atoms with Crippen LogP contribution in [0.1, 0.15) is 5.56 Å². The number of alkyl halides is 3. The molecule has 0 unspecified atom stereocenters. The highest BCUT2D eigenvalue weighted by Crippen LogP contribution is 2.32. The van der Waals surface area contributed by atoms with Crippen LogP contribution in [0.15, 0.2) is 60.7 Å². The maximum Gasteiger partial charge on any atom is 0.416 e. The van der Waals surface area contributed by atoms with Crippen LogP contribution in [0, 0.1) is 0 Å². The highest BCUT2D eigenvalue weighted by Gasteiger charge is 2.29. The van der Waals surface area contributed by atoms with Crippen molar-refractivity contribution in [3.63, 3.8) is 0 Å². The molecule has 0 radical (unpaired) electrons. The Labute approximate surface area is 119 Å². The summed E-state index contributed by atoms with van der Waals surface area (Å²) in [4.78, 5) is 0. The number of phenols is 1. The smallest absolute Gasteiger partial charge is 0.416 e. The molecular formula is C17H11F3O. The van der Waals surface area contributed by atoms with E-state index in [-0.39, 0.29) is 5.75 Å². The van der Waals surface area contributed by atoms with Gasteiger partial charge in [-0.15, -0.1) is 0 Å². The summed E-state index contributed by atoms with van der Waals surface area (Å²) in [6.07, 6.45) is -4.33. The van der Waals surface area contributed by atoms with Crippen molar-refractivity contribution in [1.29, 1.82) is 0 Å². The summed E-state index contributed by atoms with van der Waals surface area (Å²) in [7, 11) is 0. The Kier molecular flexibility index (Phi) is 3.09. The van der Waals surface area contributed by atoms with Gasteiger partial charge in [0.15, 0.2) is 0 Å². The van der Waals surface area contributed by atoms with E-state index < -0.39 is 11.7 Å². The first-order chi connectivity index (χ1) is 9.93. The predicted octanol–water partition coefficient (Wildman–Crippen LogP) is 5.23. The molecule has 4 heteroatoms. The highest BCUT2D eigenvalue weighted by molar-refractivity contribution is 5.88. The molecule has 0 heterocycles. The summed E-state index contributed by atoms with van der Waals surface area (Å²) < 4.78 is 37.6. The minimum atomic E-state index is -4.33. The van der Waals surface area contributed by atoms with Crippen LogP contribution >= 0.6 is 0 Å². The zero-order valence-corrected chi connectivity index (χ0v) is 10.9. The molecule has 0 amide bonds. The van der Waals surface area contributed by atoms with Crippen LogP contribution in [0.4, 0.5) is 13.2 Å². The lowest BCUT2D eigenvalue weighted by Crippen LogP contribution is -2.03. The summed E-state index contributed by atoms with van der Waals surface area (Å²) in [5, 5.41) is 11.3. The van der Waals surface area contributed by atoms with Crippen LogP contribution in [0.25, 0.3) is 21.9 Å². The Morgan fingerprint density at radius 1 is 0.667 bits per heavy atom. The second-order valence-electron chi connectivity index (χ2n) is 4.82. The van der Waals surface area contributed by atoms with E-state index in [1.165, 1.54) is 12.1 Å². The molecule has 1 nitrogen and oxygen atoms in total. The molecule has 0 aromatic heterocycles. The van der Waals surface area contributed by atoms with Gasteiger partial charge in [0.1, 0.15) is 5.75 Å². The number of fused-ring (bicyclic) bond motifs is 1. The first-order valence-corrected chi connectivity index (χ1v) is 6.34.